The third kappa shape index (κ3) is 6.50. The fourth-order valence-electron chi connectivity index (χ4n) is 1.78. The summed E-state index contributed by atoms with van der Waals surface area (Å²) < 4.78 is 22.3. The van der Waals surface area contributed by atoms with Crippen LogP contribution in [-0.4, -0.2) is 36.0 Å². The second kappa shape index (κ2) is 9.91. The first-order chi connectivity index (χ1) is 9.67. The normalized spacial score (nSPS) is 13.9. The van der Waals surface area contributed by atoms with E-state index >= 15 is 0 Å². The summed E-state index contributed by atoms with van der Waals surface area (Å²) in [5.41, 5.74) is 7.08. The minimum Gasteiger partial charge on any atom is -0.494 e. The molecule has 0 aliphatic heterocycles. The molecule has 2 N–H and O–H groups in total. The van der Waals surface area contributed by atoms with Crippen LogP contribution in [0.5, 0.6) is 5.75 Å². The lowest BCUT2D eigenvalue weighted by Gasteiger charge is -2.13. The van der Waals surface area contributed by atoms with Crippen molar-refractivity contribution >= 4 is 10.8 Å². The van der Waals surface area contributed by atoms with Gasteiger partial charge in [-0.25, -0.2) is 0 Å². The van der Waals surface area contributed by atoms with Crippen LogP contribution in [0.15, 0.2) is 24.3 Å². The summed E-state index contributed by atoms with van der Waals surface area (Å²) in [5, 5.41) is 0. The predicted molar refractivity (Wildman–Crippen MR) is 83.5 cm³/mol. The average molecular weight is 299 g/mol. The minimum absolute atomic E-state index is 0.196. The molecule has 4 nitrogen and oxygen atoms in total. The Bertz CT molecular complexity index is 395. The Morgan fingerprint density at radius 1 is 1.25 bits per heavy atom. The molecule has 0 aliphatic rings. The van der Waals surface area contributed by atoms with Crippen LogP contribution >= 0.6 is 0 Å². The summed E-state index contributed by atoms with van der Waals surface area (Å²) >= 11 is 0. The van der Waals surface area contributed by atoms with Crippen molar-refractivity contribution in [3.63, 3.8) is 0 Å². The van der Waals surface area contributed by atoms with E-state index in [4.69, 9.17) is 15.2 Å². The third-order valence-corrected chi connectivity index (χ3v) is 4.34. The van der Waals surface area contributed by atoms with Gasteiger partial charge in [-0.1, -0.05) is 19.1 Å². The van der Waals surface area contributed by atoms with E-state index < -0.39 is 10.8 Å². The summed E-state index contributed by atoms with van der Waals surface area (Å²) in [6, 6.07) is 7.53. The molecule has 0 aromatic heterocycles. The van der Waals surface area contributed by atoms with Crippen molar-refractivity contribution in [3.05, 3.63) is 29.8 Å². The van der Waals surface area contributed by atoms with E-state index in [0.717, 1.165) is 30.8 Å². The first-order valence-corrected chi connectivity index (χ1v) is 8.48. The molecule has 5 heteroatoms. The fourth-order valence-corrected chi connectivity index (χ4v) is 2.97. The molecule has 20 heavy (non-hydrogen) atoms. The maximum Gasteiger partial charge on any atom is 0.119 e. The molecule has 0 saturated carbocycles. The highest BCUT2D eigenvalue weighted by atomic mass is 32.2. The van der Waals surface area contributed by atoms with Crippen LogP contribution < -0.4 is 10.5 Å². The lowest BCUT2D eigenvalue weighted by atomic mass is 10.1. The number of methoxy groups -OCH3 is 1. The molecule has 2 unspecified atom stereocenters. The van der Waals surface area contributed by atoms with Crippen molar-refractivity contribution in [2.24, 2.45) is 5.73 Å². The van der Waals surface area contributed by atoms with Gasteiger partial charge in [-0.3, -0.25) is 4.21 Å². The molecule has 0 spiro atoms. The Morgan fingerprint density at radius 2 is 1.95 bits per heavy atom. The molecule has 1 aromatic carbocycles. The topological polar surface area (TPSA) is 61.5 Å². The van der Waals surface area contributed by atoms with E-state index in [2.05, 4.69) is 6.92 Å². The molecule has 0 radical (unpaired) electrons. The number of hydrogen-bond donors (Lipinski definition) is 1. The summed E-state index contributed by atoms with van der Waals surface area (Å²) in [6.45, 7) is 3.43. The second-order valence-corrected chi connectivity index (χ2v) is 6.30. The molecule has 0 amide bonds. The molecule has 0 heterocycles. The SMILES string of the molecule is CCCOc1ccc(C(N)CS(=O)CCCOC)cc1. The summed E-state index contributed by atoms with van der Waals surface area (Å²) in [7, 11) is 0.751. The van der Waals surface area contributed by atoms with Crippen molar-refractivity contribution in [1.29, 1.82) is 0 Å². The van der Waals surface area contributed by atoms with E-state index in [1.165, 1.54) is 0 Å². The molecule has 0 fully saturated rings. The van der Waals surface area contributed by atoms with E-state index in [9.17, 15) is 4.21 Å². The highest BCUT2D eigenvalue weighted by molar-refractivity contribution is 7.85. The molecular weight excluding hydrogens is 274 g/mol. The number of rotatable bonds is 10. The quantitative estimate of drug-likeness (QED) is 0.673. The number of benzene rings is 1. The Balaban J connectivity index is 2.42. The van der Waals surface area contributed by atoms with Crippen LogP contribution in [0.25, 0.3) is 0 Å². The third-order valence-electron chi connectivity index (χ3n) is 2.87. The summed E-state index contributed by atoms with van der Waals surface area (Å²) in [5.74, 6) is 1.97. The number of nitrogens with two attached hydrogens (primary N) is 1. The van der Waals surface area contributed by atoms with E-state index in [0.29, 0.717) is 18.1 Å². The maximum atomic E-state index is 11.9. The Hall–Kier alpha value is -0.910. The van der Waals surface area contributed by atoms with Crippen LogP contribution in [0.1, 0.15) is 31.4 Å². The molecule has 2 atom stereocenters. The van der Waals surface area contributed by atoms with Gasteiger partial charge in [0.1, 0.15) is 5.75 Å². The van der Waals surface area contributed by atoms with E-state index in [1.54, 1.807) is 7.11 Å². The van der Waals surface area contributed by atoms with Crippen molar-refractivity contribution in [3.8, 4) is 5.75 Å². The van der Waals surface area contributed by atoms with Gasteiger partial charge in [-0.05, 0) is 30.5 Å². The zero-order valence-electron chi connectivity index (χ0n) is 12.3. The van der Waals surface area contributed by atoms with E-state index in [1.807, 2.05) is 24.3 Å². The Morgan fingerprint density at radius 3 is 2.55 bits per heavy atom. The van der Waals surface area contributed by atoms with Crippen molar-refractivity contribution < 1.29 is 13.7 Å². The second-order valence-electron chi connectivity index (χ2n) is 4.68. The molecule has 0 aliphatic carbocycles. The zero-order chi connectivity index (χ0) is 14.8. The van der Waals surface area contributed by atoms with Gasteiger partial charge in [0, 0.05) is 42.1 Å². The van der Waals surface area contributed by atoms with Gasteiger partial charge in [-0.2, -0.15) is 0 Å². The van der Waals surface area contributed by atoms with Crippen LogP contribution in [0.2, 0.25) is 0 Å². The highest BCUT2D eigenvalue weighted by Crippen LogP contribution is 2.17. The van der Waals surface area contributed by atoms with Gasteiger partial charge in [0.15, 0.2) is 0 Å². The Labute approximate surface area is 124 Å². The van der Waals surface area contributed by atoms with Gasteiger partial charge in [0.05, 0.1) is 6.61 Å². The monoisotopic (exact) mass is 299 g/mol. The van der Waals surface area contributed by atoms with Gasteiger partial charge in [-0.15, -0.1) is 0 Å². The van der Waals surface area contributed by atoms with Gasteiger partial charge in [0.2, 0.25) is 0 Å². The summed E-state index contributed by atoms with van der Waals surface area (Å²) in [6.07, 6.45) is 1.79. The number of hydrogen-bond acceptors (Lipinski definition) is 4. The lowest BCUT2D eigenvalue weighted by Crippen LogP contribution is -2.20. The standard InChI is InChI=1S/C15H25NO3S/c1-3-9-19-14-7-5-13(6-8-14)15(16)12-20(17)11-4-10-18-2/h5-8,15H,3-4,9-12,16H2,1-2H3. The van der Waals surface area contributed by atoms with E-state index in [-0.39, 0.29) is 6.04 Å². The molecule has 1 aromatic rings. The summed E-state index contributed by atoms with van der Waals surface area (Å²) in [4.78, 5) is 0. The molecule has 1 rings (SSSR count). The maximum absolute atomic E-state index is 11.9. The van der Waals surface area contributed by atoms with Crippen molar-refractivity contribution in [2.45, 2.75) is 25.8 Å². The van der Waals surface area contributed by atoms with Crippen LogP contribution in [0.3, 0.4) is 0 Å². The van der Waals surface area contributed by atoms with Crippen LogP contribution in [0.4, 0.5) is 0 Å². The van der Waals surface area contributed by atoms with Gasteiger partial charge in [0.25, 0.3) is 0 Å². The van der Waals surface area contributed by atoms with Gasteiger partial charge < -0.3 is 15.2 Å². The molecule has 114 valence electrons. The van der Waals surface area contributed by atoms with Crippen LogP contribution in [0, 0.1) is 0 Å². The lowest BCUT2D eigenvalue weighted by molar-refractivity contribution is 0.200. The first kappa shape index (κ1) is 17.1. The van der Waals surface area contributed by atoms with Crippen molar-refractivity contribution in [1.82, 2.24) is 0 Å². The highest BCUT2D eigenvalue weighted by Gasteiger charge is 2.10. The largest absolute Gasteiger partial charge is 0.494 e. The molecule has 0 bridgehead atoms. The smallest absolute Gasteiger partial charge is 0.119 e. The zero-order valence-corrected chi connectivity index (χ0v) is 13.2. The average Bonchev–Trinajstić information content (AvgIpc) is 2.46. The fraction of sp³-hybridized carbons (Fsp3) is 0.600. The first-order valence-electron chi connectivity index (χ1n) is 6.99. The number of ether oxygens (including phenoxy) is 2. The molecule has 0 saturated heterocycles. The van der Waals surface area contributed by atoms with Crippen LogP contribution in [-0.2, 0) is 15.5 Å². The van der Waals surface area contributed by atoms with Gasteiger partial charge >= 0.3 is 0 Å². The minimum atomic E-state index is -0.899. The Kier molecular flexibility index (Phi) is 8.49. The van der Waals surface area contributed by atoms with Crippen molar-refractivity contribution in [2.75, 3.05) is 31.8 Å². The predicted octanol–water partition coefficient (Wildman–Crippen LogP) is 2.26. The molecular formula is C15H25NO3S.